The Bertz CT molecular complexity index is 2550. The number of hydrogen-bond donors (Lipinski definition) is 3. The van der Waals surface area contributed by atoms with E-state index in [4.69, 9.17) is 25.8 Å². The van der Waals surface area contributed by atoms with Crippen LogP contribution in [0.2, 0.25) is 0 Å². The van der Waals surface area contributed by atoms with Gasteiger partial charge in [0.2, 0.25) is 11.8 Å². The molecule has 3 saturated heterocycles. The highest BCUT2D eigenvalue weighted by Crippen LogP contribution is 2.51. The van der Waals surface area contributed by atoms with Gasteiger partial charge < -0.3 is 59.6 Å². The Morgan fingerprint density at radius 3 is 1.74 bits per heavy atom. The number of rotatable bonds is 10. The van der Waals surface area contributed by atoms with Gasteiger partial charge in [0.15, 0.2) is 5.78 Å². The molecule has 3 aromatic carbocycles. The van der Waals surface area contributed by atoms with Gasteiger partial charge in [0.25, 0.3) is 0 Å². The van der Waals surface area contributed by atoms with Crippen LogP contribution in [0.1, 0.15) is 108 Å². The molecule has 3 aromatic rings. The summed E-state index contributed by atoms with van der Waals surface area (Å²) in [6.07, 6.45) is 5.16. The maximum Gasteiger partial charge on any atom is 0.409 e. The second-order valence-corrected chi connectivity index (χ2v) is 21.9. The molecule has 10 rings (SSSR count). The van der Waals surface area contributed by atoms with Gasteiger partial charge in [0, 0.05) is 105 Å². The third-order valence-electron chi connectivity index (χ3n) is 15.3. The first-order valence-corrected chi connectivity index (χ1v) is 29.7. The first-order chi connectivity index (χ1) is 37.6. The van der Waals surface area contributed by atoms with Gasteiger partial charge in [0.1, 0.15) is 5.88 Å². The number of ether oxygens (including phenoxy) is 3. The molecule has 0 bridgehead atoms. The summed E-state index contributed by atoms with van der Waals surface area (Å²) in [6.45, 7) is 17.0. The fourth-order valence-electron chi connectivity index (χ4n) is 11.4. The van der Waals surface area contributed by atoms with E-state index in [-0.39, 0.29) is 59.6 Å². The first-order valence-electron chi connectivity index (χ1n) is 27.5. The minimum absolute atomic E-state index is 0.0521. The van der Waals surface area contributed by atoms with Gasteiger partial charge in [-0.3, -0.25) is 14.4 Å². The topological polar surface area (TPSA) is 186 Å². The number of alkyl halides is 1. The SMILES string of the molecule is CCCCNC.CCOC(=O)N1CC[C@@H]2Nc3c(Br)cccc3[C@@H]2C1.CCOC(=O)N1CC[C@H]2[C@@H](C1)c1cccc(Br)c1N2CC(=O)CC.CCOC(=O)N1CC[C@H]2[C@@H](C1)c1cccc3c1N2CC(=O)N3C.CNC(=O)CCl. The molecule has 5 amide bonds. The molecule has 0 aromatic heterocycles. The van der Waals surface area contributed by atoms with Crippen molar-refractivity contribution >= 4 is 102 Å². The zero-order valence-corrected chi connectivity index (χ0v) is 50.5. The fourth-order valence-corrected chi connectivity index (χ4v) is 12.6. The highest BCUT2D eigenvalue weighted by atomic mass is 79.9. The van der Waals surface area contributed by atoms with E-state index in [2.05, 4.69) is 88.8 Å². The Labute approximate surface area is 482 Å². The van der Waals surface area contributed by atoms with Crippen molar-refractivity contribution < 1.29 is 43.0 Å². The molecule has 3 fully saturated rings. The van der Waals surface area contributed by atoms with Crippen LogP contribution in [-0.4, -0.2) is 174 Å². The number of piperidine rings is 3. The normalized spacial score (nSPS) is 21.5. The number of nitrogens with one attached hydrogen (secondary N) is 3. The van der Waals surface area contributed by atoms with Crippen molar-refractivity contribution in [3.63, 3.8) is 0 Å². The van der Waals surface area contributed by atoms with Gasteiger partial charge in [-0.2, -0.15) is 0 Å². The van der Waals surface area contributed by atoms with Crippen molar-refractivity contribution in [1.29, 1.82) is 0 Å². The van der Waals surface area contributed by atoms with E-state index in [1.54, 1.807) is 21.7 Å². The van der Waals surface area contributed by atoms with Crippen LogP contribution < -0.4 is 30.7 Å². The van der Waals surface area contributed by atoms with Crippen LogP contribution in [-0.2, 0) is 28.6 Å². The number of likely N-dealkylation sites (tertiary alicyclic amines) is 3. The number of carbonyl (C=O) groups excluding carboxylic acids is 6. The number of nitrogens with zero attached hydrogens (tertiary/aromatic N) is 6. The van der Waals surface area contributed by atoms with E-state index in [0.717, 1.165) is 59.2 Å². The van der Waals surface area contributed by atoms with E-state index < -0.39 is 0 Å². The minimum atomic E-state index is -0.240. The maximum absolute atomic E-state index is 12.3. The largest absolute Gasteiger partial charge is 0.450 e. The third-order valence-corrected chi connectivity index (χ3v) is 16.9. The average molecular weight is 1230 g/mol. The van der Waals surface area contributed by atoms with Gasteiger partial charge in [-0.1, -0.05) is 56.7 Å². The van der Waals surface area contributed by atoms with Gasteiger partial charge in [-0.15, -0.1) is 11.6 Å². The monoisotopic (exact) mass is 1230 g/mol. The molecule has 3 N–H and O–H groups in total. The molecule has 0 spiro atoms. The highest BCUT2D eigenvalue weighted by Gasteiger charge is 2.48. The molecule has 78 heavy (non-hydrogen) atoms. The number of likely N-dealkylation sites (N-methyl/N-ethyl adjacent to an activating group) is 1. The predicted molar refractivity (Wildman–Crippen MR) is 315 cm³/mol. The van der Waals surface area contributed by atoms with E-state index in [1.807, 2.05) is 77.0 Å². The van der Waals surface area contributed by atoms with E-state index >= 15 is 0 Å². The summed E-state index contributed by atoms with van der Waals surface area (Å²) >= 11 is 12.3. The number of anilines is 4. The Morgan fingerprint density at radius 1 is 0.692 bits per heavy atom. The van der Waals surface area contributed by atoms with Crippen molar-refractivity contribution in [2.45, 2.75) is 109 Å². The number of benzene rings is 3. The summed E-state index contributed by atoms with van der Waals surface area (Å²) in [5, 5.41) is 8.98. The number of halogens is 3. The smallest absolute Gasteiger partial charge is 0.409 e. The lowest BCUT2D eigenvalue weighted by atomic mass is 9.89. The zero-order chi connectivity index (χ0) is 56.6. The molecular formula is C57H80Br2ClN9O9. The van der Waals surface area contributed by atoms with Crippen molar-refractivity contribution in [2.75, 3.05) is 126 Å². The second-order valence-electron chi connectivity index (χ2n) is 20.0. The summed E-state index contributed by atoms with van der Waals surface area (Å²) in [4.78, 5) is 81.9. The van der Waals surface area contributed by atoms with Crippen LogP contribution in [0.5, 0.6) is 0 Å². The quantitative estimate of drug-likeness (QED) is 0.0992. The zero-order valence-electron chi connectivity index (χ0n) is 46.6. The van der Waals surface area contributed by atoms with Crippen LogP contribution in [0.3, 0.4) is 0 Å². The van der Waals surface area contributed by atoms with Gasteiger partial charge >= 0.3 is 18.3 Å². The van der Waals surface area contributed by atoms with Crippen LogP contribution in [0.25, 0.3) is 0 Å². The fraction of sp³-hybridized carbons (Fsp3) is 0.579. The maximum atomic E-state index is 12.3. The molecule has 0 saturated carbocycles. The van der Waals surface area contributed by atoms with Crippen LogP contribution in [0.4, 0.5) is 37.1 Å². The summed E-state index contributed by atoms with van der Waals surface area (Å²) in [5.74, 6) is 1.12. The molecule has 428 valence electrons. The molecular weight excluding hydrogens is 1150 g/mol. The van der Waals surface area contributed by atoms with Crippen LogP contribution in [0.15, 0.2) is 63.5 Å². The van der Waals surface area contributed by atoms with E-state index in [9.17, 15) is 28.8 Å². The van der Waals surface area contributed by atoms with E-state index in [0.29, 0.717) is 83.5 Å². The molecule has 7 heterocycles. The summed E-state index contributed by atoms with van der Waals surface area (Å²) < 4.78 is 17.5. The molecule has 18 nitrogen and oxygen atoms in total. The number of amides is 5. The van der Waals surface area contributed by atoms with Gasteiger partial charge in [0.05, 0.1) is 55.7 Å². The molecule has 6 atom stereocenters. The van der Waals surface area contributed by atoms with Gasteiger partial charge in [-0.25, -0.2) is 14.4 Å². The standard InChI is InChI=1S/C18H23BrN2O3.C17H21N3O3.C14H17BrN2O2.C5H13N.C3H6ClNO/c1-3-12(22)10-21-16-8-9-20(18(23)24-4-2)11-14(16)13-6-5-7-15(19)17(13)21;1-3-23-17(22)19-8-7-13-12(9-19)11-5-4-6-14-16(11)20(13)10-15(21)18(14)2;1-2-19-14(18)17-7-6-12-10(8-17)9-4-3-5-11(15)13(9)16-12;1-3-4-5-6-2;1-5-3(6)2-4/h5-7,14,16H,3-4,8-11H2,1-2H3;4-6,12-13H,3,7-10H2,1-2H3;3-5,10,12,16H,2,6-8H2,1H3;6H,3-5H2,1-2H3;2H2,1H3,(H,5,6)/t14-,16-;12-,13-;10-,12-;;/m000../s1. The average Bonchev–Trinajstić information content (AvgIpc) is 4.22. The van der Waals surface area contributed by atoms with Crippen LogP contribution >= 0.6 is 43.5 Å². The number of carbonyl (C=O) groups is 6. The second kappa shape index (κ2) is 29.8. The minimum Gasteiger partial charge on any atom is -0.450 e. The molecule has 0 radical (unpaired) electrons. The number of fused-ring (bicyclic) bond motifs is 9. The first kappa shape index (κ1) is 61.9. The summed E-state index contributed by atoms with van der Waals surface area (Å²) in [6, 6.07) is 19.5. The Balaban J connectivity index is 0.000000172. The lowest BCUT2D eigenvalue weighted by Gasteiger charge is -2.40. The Kier molecular flexibility index (Phi) is 23.6. The summed E-state index contributed by atoms with van der Waals surface area (Å²) in [7, 11) is 5.36. The number of unbranched alkanes of at least 4 members (excludes halogenated alkanes) is 1. The van der Waals surface area contributed by atoms with Crippen molar-refractivity contribution in [2.24, 2.45) is 0 Å². The number of ketones is 1. The molecule has 0 aliphatic carbocycles. The van der Waals surface area contributed by atoms with E-state index in [1.165, 1.54) is 40.9 Å². The van der Waals surface area contributed by atoms with Gasteiger partial charge in [-0.05, 0) is 127 Å². The molecule has 7 aliphatic rings. The Morgan fingerprint density at radius 2 is 1.22 bits per heavy atom. The molecule has 7 aliphatic heterocycles. The number of para-hydroxylation sites is 3. The summed E-state index contributed by atoms with van der Waals surface area (Å²) in [5.41, 5.74) is 8.22. The van der Waals surface area contributed by atoms with Crippen LogP contribution in [0, 0.1) is 0 Å². The molecule has 0 unspecified atom stereocenters. The van der Waals surface area contributed by atoms with Crippen molar-refractivity contribution in [1.82, 2.24) is 25.3 Å². The lowest BCUT2D eigenvalue weighted by molar-refractivity contribution is -0.118. The predicted octanol–water partition coefficient (Wildman–Crippen LogP) is 9.53. The lowest BCUT2D eigenvalue weighted by Crippen LogP contribution is -2.52. The number of Topliss-reactive ketones (excluding diaryl/α,β-unsaturated/α-hetero) is 1. The molecule has 21 heteroatoms. The Hall–Kier alpha value is -5.31. The van der Waals surface area contributed by atoms with Crippen molar-refractivity contribution in [3.05, 3.63) is 80.2 Å². The van der Waals surface area contributed by atoms with Crippen molar-refractivity contribution in [3.8, 4) is 0 Å². The third kappa shape index (κ3) is 14.5. The number of hydrogen-bond acceptors (Lipinski definition) is 13. The highest BCUT2D eigenvalue weighted by molar-refractivity contribution is 9.11.